The third-order valence-corrected chi connectivity index (χ3v) is 8.03. The highest BCUT2D eigenvalue weighted by atomic mass is 19.4. The van der Waals surface area contributed by atoms with E-state index in [0.717, 1.165) is 55.7 Å². The minimum atomic E-state index is -4.36. The van der Waals surface area contributed by atoms with Crippen molar-refractivity contribution < 1.29 is 22.7 Å². The molecule has 1 aromatic rings. The largest absolute Gasteiger partial charge is 0.492 e. The van der Waals surface area contributed by atoms with Crippen molar-refractivity contribution in [2.24, 2.45) is 29.4 Å². The van der Waals surface area contributed by atoms with Gasteiger partial charge in [-0.25, -0.2) is 0 Å². The van der Waals surface area contributed by atoms with E-state index in [1.807, 2.05) is 0 Å². The molecule has 4 rings (SSSR count). The van der Waals surface area contributed by atoms with Crippen molar-refractivity contribution in [2.75, 3.05) is 6.61 Å². The van der Waals surface area contributed by atoms with Gasteiger partial charge in [-0.15, -0.1) is 0 Å². The third-order valence-electron chi connectivity index (χ3n) is 8.03. The summed E-state index contributed by atoms with van der Waals surface area (Å²) in [6.45, 7) is 2.72. The van der Waals surface area contributed by atoms with E-state index in [9.17, 15) is 18.0 Å². The first-order valence-corrected chi connectivity index (χ1v) is 11.3. The van der Waals surface area contributed by atoms with Crippen LogP contribution in [0.25, 0.3) is 0 Å². The molecule has 166 valence electrons. The molecule has 0 saturated heterocycles. The Morgan fingerprint density at radius 1 is 1.17 bits per heavy atom. The minimum absolute atomic E-state index is 0.0878. The van der Waals surface area contributed by atoms with Gasteiger partial charge in [-0.05, 0) is 62.0 Å². The Kier molecular flexibility index (Phi) is 5.80. The predicted octanol–water partition coefficient (Wildman–Crippen LogP) is 5.84. The molecule has 1 heterocycles. The zero-order valence-electron chi connectivity index (χ0n) is 17.6. The molecule has 6 heteroatoms. The molecule has 2 aliphatic carbocycles. The lowest BCUT2D eigenvalue weighted by Crippen LogP contribution is -2.39. The number of ether oxygens (including phenoxy) is 1. The van der Waals surface area contributed by atoms with E-state index in [0.29, 0.717) is 18.3 Å². The molecule has 1 aliphatic heterocycles. The quantitative estimate of drug-likeness (QED) is 0.661. The summed E-state index contributed by atoms with van der Waals surface area (Å²) in [5.41, 5.74) is 5.83. The van der Waals surface area contributed by atoms with Gasteiger partial charge in [0.05, 0.1) is 12.2 Å². The summed E-state index contributed by atoms with van der Waals surface area (Å²) in [5, 5.41) is 0. The van der Waals surface area contributed by atoms with Gasteiger partial charge in [0, 0.05) is 16.9 Å². The first-order chi connectivity index (χ1) is 14.2. The SMILES string of the molecule is CC1CCC(CC(C(N)=O)C2CCC3(CC2)COc2cc(C(F)(F)F)ccc23)CC1. The lowest BCUT2D eigenvalue weighted by atomic mass is 9.64. The summed E-state index contributed by atoms with van der Waals surface area (Å²) in [6.07, 6.45) is 4.79. The number of fused-ring (bicyclic) bond motifs is 2. The monoisotopic (exact) mass is 423 g/mol. The molecule has 30 heavy (non-hydrogen) atoms. The number of primary amides is 1. The van der Waals surface area contributed by atoms with Crippen LogP contribution in [0.5, 0.6) is 5.75 Å². The number of hydrogen-bond acceptors (Lipinski definition) is 2. The number of alkyl halides is 3. The van der Waals surface area contributed by atoms with Crippen molar-refractivity contribution in [3.63, 3.8) is 0 Å². The molecule has 3 aliphatic rings. The Labute approximate surface area is 176 Å². The van der Waals surface area contributed by atoms with Crippen molar-refractivity contribution in [3.05, 3.63) is 29.3 Å². The van der Waals surface area contributed by atoms with E-state index >= 15 is 0 Å². The Morgan fingerprint density at radius 3 is 2.43 bits per heavy atom. The Bertz CT molecular complexity index is 775. The standard InChI is InChI=1S/C24H32F3NO2/c1-15-2-4-16(5-3-15)12-19(22(28)29)17-8-10-23(11-9-17)14-30-21-13-18(24(25,26)27)6-7-20(21)23/h6-7,13,15-17,19H,2-5,8-12,14H2,1H3,(H2,28,29). The van der Waals surface area contributed by atoms with Crippen molar-refractivity contribution in [1.82, 2.24) is 0 Å². The lowest BCUT2D eigenvalue weighted by molar-refractivity contribution is -0.137. The summed E-state index contributed by atoms with van der Waals surface area (Å²) in [4.78, 5) is 12.3. The van der Waals surface area contributed by atoms with Crippen LogP contribution in [-0.2, 0) is 16.4 Å². The van der Waals surface area contributed by atoms with Gasteiger partial charge in [0.25, 0.3) is 0 Å². The number of amides is 1. The van der Waals surface area contributed by atoms with Crippen LogP contribution in [0, 0.1) is 23.7 Å². The topological polar surface area (TPSA) is 52.3 Å². The molecule has 2 fully saturated rings. The Hall–Kier alpha value is -1.72. The van der Waals surface area contributed by atoms with Gasteiger partial charge in [0.1, 0.15) is 5.75 Å². The average Bonchev–Trinajstić information content (AvgIpc) is 3.05. The lowest BCUT2D eigenvalue weighted by Gasteiger charge is -2.40. The highest BCUT2D eigenvalue weighted by Gasteiger charge is 2.46. The van der Waals surface area contributed by atoms with Crippen molar-refractivity contribution in [1.29, 1.82) is 0 Å². The maximum Gasteiger partial charge on any atom is 0.416 e. The molecule has 2 saturated carbocycles. The second-order valence-electron chi connectivity index (χ2n) is 9.99. The van der Waals surface area contributed by atoms with Crippen LogP contribution in [0.1, 0.15) is 75.8 Å². The molecule has 1 spiro atoms. The summed E-state index contributed by atoms with van der Waals surface area (Å²) in [7, 11) is 0. The fourth-order valence-electron chi connectivity index (χ4n) is 6.02. The number of benzene rings is 1. The molecule has 1 amide bonds. The van der Waals surface area contributed by atoms with Gasteiger partial charge in [0.15, 0.2) is 0 Å². The zero-order chi connectivity index (χ0) is 21.5. The zero-order valence-corrected chi connectivity index (χ0v) is 17.6. The third kappa shape index (κ3) is 4.19. The van der Waals surface area contributed by atoms with Gasteiger partial charge < -0.3 is 10.5 Å². The molecule has 3 nitrogen and oxygen atoms in total. The normalized spacial score (nSPS) is 32.5. The Morgan fingerprint density at radius 2 is 1.83 bits per heavy atom. The first kappa shape index (κ1) is 21.5. The van der Waals surface area contributed by atoms with Crippen LogP contribution >= 0.6 is 0 Å². The number of nitrogens with two attached hydrogens (primary N) is 1. The maximum atomic E-state index is 13.0. The molecule has 0 aromatic heterocycles. The second kappa shape index (κ2) is 8.08. The van der Waals surface area contributed by atoms with E-state index in [1.165, 1.54) is 25.7 Å². The van der Waals surface area contributed by atoms with Crippen LogP contribution in [0.2, 0.25) is 0 Å². The van der Waals surface area contributed by atoms with E-state index in [4.69, 9.17) is 10.5 Å². The molecule has 1 unspecified atom stereocenters. The summed E-state index contributed by atoms with van der Waals surface area (Å²) in [5.74, 6) is 1.73. The van der Waals surface area contributed by atoms with Gasteiger partial charge in [-0.1, -0.05) is 38.7 Å². The Balaban J connectivity index is 1.43. The fraction of sp³-hybridized carbons (Fsp3) is 0.708. The smallest absolute Gasteiger partial charge is 0.416 e. The molecule has 0 bridgehead atoms. The second-order valence-corrected chi connectivity index (χ2v) is 9.99. The van der Waals surface area contributed by atoms with Crippen LogP contribution in [0.4, 0.5) is 13.2 Å². The first-order valence-electron chi connectivity index (χ1n) is 11.3. The highest BCUT2D eigenvalue weighted by molar-refractivity contribution is 5.77. The molecule has 1 aromatic carbocycles. The molecular formula is C24H32F3NO2. The van der Waals surface area contributed by atoms with Gasteiger partial charge in [0.2, 0.25) is 5.91 Å². The highest BCUT2D eigenvalue weighted by Crippen LogP contribution is 2.52. The molecule has 1 atom stereocenters. The van der Waals surface area contributed by atoms with E-state index < -0.39 is 11.7 Å². The summed E-state index contributed by atoms with van der Waals surface area (Å²) < 4.78 is 44.8. The van der Waals surface area contributed by atoms with Crippen LogP contribution in [0.3, 0.4) is 0 Å². The van der Waals surface area contributed by atoms with Gasteiger partial charge in [-0.3, -0.25) is 4.79 Å². The molecule has 2 N–H and O–H groups in total. The molecular weight excluding hydrogens is 391 g/mol. The minimum Gasteiger partial charge on any atom is -0.492 e. The van der Waals surface area contributed by atoms with Gasteiger partial charge >= 0.3 is 6.18 Å². The fourth-order valence-corrected chi connectivity index (χ4v) is 6.02. The predicted molar refractivity (Wildman–Crippen MR) is 109 cm³/mol. The van der Waals surface area contributed by atoms with Crippen LogP contribution in [-0.4, -0.2) is 12.5 Å². The van der Waals surface area contributed by atoms with E-state index in [1.54, 1.807) is 6.07 Å². The molecule has 0 radical (unpaired) electrons. The number of carbonyl (C=O) groups is 1. The van der Waals surface area contributed by atoms with Crippen LogP contribution < -0.4 is 10.5 Å². The number of halogens is 3. The maximum absolute atomic E-state index is 13.0. The van der Waals surface area contributed by atoms with E-state index in [-0.39, 0.29) is 23.2 Å². The summed E-state index contributed by atoms with van der Waals surface area (Å²) >= 11 is 0. The van der Waals surface area contributed by atoms with Crippen molar-refractivity contribution >= 4 is 5.91 Å². The van der Waals surface area contributed by atoms with Crippen molar-refractivity contribution in [3.8, 4) is 5.75 Å². The number of hydrogen-bond donors (Lipinski definition) is 1. The average molecular weight is 424 g/mol. The van der Waals surface area contributed by atoms with Crippen LogP contribution in [0.15, 0.2) is 18.2 Å². The van der Waals surface area contributed by atoms with E-state index in [2.05, 4.69) is 6.92 Å². The summed E-state index contributed by atoms with van der Waals surface area (Å²) in [6, 6.07) is 3.89. The van der Waals surface area contributed by atoms with Crippen molar-refractivity contribution in [2.45, 2.75) is 76.3 Å². The van der Waals surface area contributed by atoms with Gasteiger partial charge in [-0.2, -0.15) is 13.2 Å². The number of carbonyl (C=O) groups excluding carboxylic acids is 1. The number of rotatable bonds is 4.